The normalized spacial score (nSPS) is 15.7. The molecule has 0 fully saturated rings. The SMILES string of the molecule is CCCN1CCc2c(sc3nc(NN)[nH]c(=O)c23)C1. The number of hydrazine groups is 1. The minimum atomic E-state index is -0.0978. The Morgan fingerprint density at radius 1 is 1.58 bits per heavy atom. The number of nitrogen functional groups attached to an aromatic ring is 1. The van der Waals surface area contributed by atoms with Crippen molar-refractivity contribution >= 4 is 27.5 Å². The molecule has 7 heteroatoms. The highest BCUT2D eigenvalue weighted by Gasteiger charge is 2.23. The van der Waals surface area contributed by atoms with E-state index in [1.807, 2.05) is 0 Å². The number of H-pyrrole nitrogens is 1. The lowest BCUT2D eigenvalue weighted by Gasteiger charge is -2.25. The Labute approximate surface area is 114 Å². The average molecular weight is 279 g/mol. The van der Waals surface area contributed by atoms with Crippen LogP contribution in [0.4, 0.5) is 5.95 Å². The largest absolute Gasteiger partial charge is 0.298 e. The van der Waals surface area contributed by atoms with E-state index < -0.39 is 0 Å². The second-order valence-electron chi connectivity index (χ2n) is 4.77. The summed E-state index contributed by atoms with van der Waals surface area (Å²) in [6, 6.07) is 0. The van der Waals surface area contributed by atoms with Gasteiger partial charge in [-0.1, -0.05) is 6.92 Å². The van der Waals surface area contributed by atoms with E-state index in [2.05, 4.69) is 27.2 Å². The number of aromatic nitrogens is 2. The zero-order valence-electron chi connectivity index (χ0n) is 10.8. The van der Waals surface area contributed by atoms with Gasteiger partial charge in [0.05, 0.1) is 5.39 Å². The van der Waals surface area contributed by atoms with Crippen LogP contribution >= 0.6 is 11.3 Å². The summed E-state index contributed by atoms with van der Waals surface area (Å²) in [7, 11) is 0. The van der Waals surface area contributed by atoms with E-state index in [1.165, 1.54) is 10.4 Å². The van der Waals surface area contributed by atoms with Crippen molar-refractivity contribution in [3.05, 3.63) is 20.8 Å². The first-order valence-corrected chi connectivity index (χ1v) is 7.28. The molecular formula is C12H17N5OS. The van der Waals surface area contributed by atoms with Gasteiger partial charge in [0, 0.05) is 18.0 Å². The lowest BCUT2D eigenvalue weighted by Crippen LogP contribution is -2.30. The fourth-order valence-electron chi connectivity index (χ4n) is 2.63. The Kier molecular flexibility index (Phi) is 3.26. The smallest absolute Gasteiger partial charge is 0.261 e. The van der Waals surface area contributed by atoms with E-state index in [-0.39, 0.29) is 5.56 Å². The molecule has 102 valence electrons. The Morgan fingerprint density at radius 3 is 3.16 bits per heavy atom. The molecule has 2 aromatic rings. The van der Waals surface area contributed by atoms with Crippen molar-refractivity contribution in [2.75, 3.05) is 18.5 Å². The summed E-state index contributed by atoms with van der Waals surface area (Å²) < 4.78 is 0. The summed E-state index contributed by atoms with van der Waals surface area (Å²) in [5.74, 6) is 5.63. The first kappa shape index (κ1) is 12.6. The first-order chi connectivity index (χ1) is 9.22. The Morgan fingerprint density at radius 2 is 2.42 bits per heavy atom. The molecule has 0 atom stereocenters. The fourth-order valence-corrected chi connectivity index (χ4v) is 3.89. The maximum absolute atomic E-state index is 12.1. The van der Waals surface area contributed by atoms with Crippen molar-refractivity contribution in [3.8, 4) is 0 Å². The summed E-state index contributed by atoms with van der Waals surface area (Å²) in [6.07, 6.45) is 2.08. The molecule has 0 unspecified atom stereocenters. The molecule has 4 N–H and O–H groups in total. The lowest BCUT2D eigenvalue weighted by atomic mass is 10.1. The minimum absolute atomic E-state index is 0.0978. The third-order valence-electron chi connectivity index (χ3n) is 3.47. The van der Waals surface area contributed by atoms with Crippen molar-refractivity contribution in [2.45, 2.75) is 26.3 Å². The van der Waals surface area contributed by atoms with E-state index in [4.69, 9.17) is 5.84 Å². The van der Waals surface area contributed by atoms with Crippen molar-refractivity contribution in [2.24, 2.45) is 5.84 Å². The number of nitrogens with one attached hydrogen (secondary N) is 2. The topological polar surface area (TPSA) is 87.0 Å². The van der Waals surface area contributed by atoms with E-state index in [0.717, 1.165) is 42.7 Å². The zero-order chi connectivity index (χ0) is 13.4. The van der Waals surface area contributed by atoms with Gasteiger partial charge in [-0.25, -0.2) is 10.8 Å². The van der Waals surface area contributed by atoms with Gasteiger partial charge in [0.15, 0.2) is 0 Å². The van der Waals surface area contributed by atoms with Crippen LogP contribution in [0.15, 0.2) is 4.79 Å². The van der Waals surface area contributed by atoms with Crippen molar-refractivity contribution < 1.29 is 0 Å². The van der Waals surface area contributed by atoms with Crippen molar-refractivity contribution in [1.29, 1.82) is 0 Å². The van der Waals surface area contributed by atoms with Crippen LogP contribution in [0.3, 0.4) is 0 Å². The molecule has 0 saturated carbocycles. The van der Waals surface area contributed by atoms with Crippen LogP contribution in [0.5, 0.6) is 0 Å². The highest BCUT2D eigenvalue weighted by Crippen LogP contribution is 2.32. The maximum atomic E-state index is 12.1. The molecule has 2 aromatic heterocycles. The van der Waals surface area contributed by atoms with E-state index in [0.29, 0.717) is 5.95 Å². The highest BCUT2D eigenvalue weighted by molar-refractivity contribution is 7.18. The summed E-state index contributed by atoms with van der Waals surface area (Å²) in [5, 5.41) is 0.746. The second kappa shape index (κ2) is 4.92. The van der Waals surface area contributed by atoms with Gasteiger partial charge in [0.25, 0.3) is 5.56 Å². The fraction of sp³-hybridized carbons (Fsp3) is 0.500. The average Bonchev–Trinajstić information content (AvgIpc) is 2.76. The monoisotopic (exact) mass is 279 g/mol. The Balaban J connectivity index is 2.08. The molecule has 1 aliphatic rings. The molecule has 3 heterocycles. The van der Waals surface area contributed by atoms with Crippen LogP contribution in [0.25, 0.3) is 10.2 Å². The zero-order valence-corrected chi connectivity index (χ0v) is 11.6. The van der Waals surface area contributed by atoms with Gasteiger partial charge in [0.2, 0.25) is 5.95 Å². The number of hydrogen-bond acceptors (Lipinski definition) is 6. The number of nitrogens with two attached hydrogens (primary N) is 1. The quantitative estimate of drug-likeness (QED) is 0.577. The van der Waals surface area contributed by atoms with Gasteiger partial charge >= 0.3 is 0 Å². The Bertz CT molecular complexity index is 662. The van der Waals surface area contributed by atoms with E-state index in [9.17, 15) is 4.79 Å². The molecule has 0 saturated heterocycles. The van der Waals surface area contributed by atoms with Gasteiger partial charge in [-0.2, -0.15) is 0 Å². The summed E-state index contributed by atoms with van der Waals surface area (Å²) in [4.78, 5) is 23.6. The molecule has 0 bridgehead atoms. The standard InChI is InChI=1S/C12H17N5OS/c1-2-4-17-5-3-7-8(6-17)19-11-9(7)10(18)14-12(15-11)16-13/h2-6,13H2,1H3,(H2,14,15,16,18). The van der Waals surface area contributed by atoms with Crippen LogP contribution in [0.2, 0.25) is 0 Å². The van der Waals surface area contributed by atoms with Crippen LogP contribution < -0.4 is 16.8 Å². The van der Waals surface area contributed by atoms with Crippen LogP contribution in [-0.4, -0.2) is 28.0 Å². The van der Waals surface area contributed by atoms with Gasteiger partial charge in [-0.3, -0.25) is 20.1 Å². The molecule has 19 heavy (non-hydrogen) atoms. The van der Waals surface area contributed by atoms with Gasteiger partial charge in [-0.15, -0.1) is 11.3 Å². The number of hydrogen-bond donors (Lipinski definition) is 3. The number of anilines is 1. The molecule has 0 radical (unpaired) electrons. The maximum Gasteiger partial charge on any atom is 0.261 e. The molecule has 0 aromatic carbocycles. The van der Waals surface area contributed by atoms with Crippen LogP contribution in [-0.2, 0) is 13.0 Å². The predicted octanol–water partition coefficient (Wildman–Crippen LogP) is 1.04. The molecular weight excluding hydrogens is 262 g/mol. The summed E-state index contributed by atoms with van der Waals surface area (Å²) in [6.45, 7) is 5.23. The van der Waals surface area contributed by atoms with Gasteiger partial charge in [-0.05, 0) is 24.9 Å². The van der Waals surface area contributed by atoms with Crippen LogP contribution in [0, 0.1) is 0 Å². The molecule has 0 aliphatic carbocycles. The van der Waals surface area contributed by atoms with Gasteiger partial charge in [0.1, 0.15) is 4.83 Å². The predicted molar refractivity (Wildman–Crippen MR) is 77.3 cm³/mol. The number of aromatic amines is 1. The number of thiophene rings is 1. The number of nitrogens with zero attached hydrogens (tertiary/aromatic N) is 2. The molecule has 0 spiro atoms. The van der Waals surface area contributed by atoms with Gasteiger partial charge < -0.3 is 0 Å². The molecule has 0 amide bonds. The third-order valence-corrected chi connectivity index (χ3v) is 4.58. The van der Waals surface area contributed by atoms with Crippen LogP contribution in [0.1, 0.15) is 23.8 Å². The first-order valence-electron chi connectivity index (χ1n) is 6.46. The second-order valence-corrected chi connectivity index (χ2v) is 5.85. The molecule has 3 rings (SSSR count). The number of rotatable bonds is 3. The van der Waals surface area contributed by atoms with Crippen molar-refractivity contribution in [3.63, 3.8) is 0 Å². The van der Waals surface area contributed by atoms with Crippen molar-refractivity contribution in [1.82, 2.24) is 14.9 Å². The molecule has 1 aliphatic heterocycles. The summed E-state index contributed by atoms with van der Waals surface area (Å²) in [5.41, 5.74) is 3.47. The third kappa shape index (κ3) is 2.13. The van der Waals surface area contributed by atoms with E-state index in [1.54, 1.807) is 11.3 Å². The van der Waals surface area contributed by atoms with E-state index >= 15 is 0 Å². The minimum Gasteiger partial charge on any atom is -0.298 e. The number of fused-ring (bicyclic) bond motifs is 3. The highest BCUT2D eigenvalue weighted by atomic mass is 32.1. The molecule has 6 nitrogen and oxygen atoms in total. The Hall–Kier alpha value is -1.44. The lowest BCUT2D eigenvalue weighted by molar-refractivity contribution is 0.258. The summed E-state index contributed by atoms with van der Waals surface area (Å²) >= 11 is 1.60.